The minimum absolute atomic E-state index is 0.0404. The average molecular weight is 500 g/mol. The normalized spacial score (nSPS) is 21.6. The molecule has 0 spiro atoms. The summed E-state index contributed by atoms with van der Waals surface area (Å²) in [5.74, 6) is -3.81. The molecule has 36 heavy (non-hydrogen) atoms. The van der Waals surface area contributed by atoms with Gasteiger partial charge in [0.2, 0.25) is 11.2 Å². The molecule has 0 bridgehead atoms. The van der Waals surface area contributed by atoms with Crippen LogP contribution in [0.15, 0.2) is 47.4 Å². The van der Waals surface area contributed by atoms with Crippen LogP contribution in [-0.2, 0) is 11.3 Å². The average Bonchev–Trinajstić information content (AvgIpc) is 3.66. The standard InChI is InChI=1S/C26H26F2N2O6/c27-20-8-18-22(24(21(20)28)35-12-16-9-26(34,14-31)13-29-16)30(17-6-7-17)10-19(23(18)32)25(33)36-11-15-4-2-1-3-5-15/h1-5,8,10,16-17,29,31,34H,6-7,9,11-14H2/t16-,26-/m1/s1. The Morgan fingerprint density at radius 1 is 1.22 bits per heavy atom. The van der Waals surface area contributed by atoms with Crippen LogP contribution in [0, 0.1) is 11.6 Å². The van der Waals surface area contributed by atoms with Crippen LogP contribution >= 0.6 is 0 Å². The number of pyridine rings is 1. The van der Waals surface area contributed by atoms with E-state index in [1.54, 1.807) is 28.8 Å². The number of aromatic nitrogens is 1. The van der Waals surface area contributed by atoms with Crippen LogP contribution in [0.1, 0.15) is 41.2 Å². The molecule has 0 unspecified atom stereocenters. The summed E-state index contributed by atoms with van der Waals surface area (Å²) in [6, 6.07) is 9.22. The number of halogens is 2. The van der Waals surface area contributed by atoms with Crippen LogP contribution in [0.3, 0.4) is 0 Å². The number of benzene rings is 2. The van der Waals surface area contributed by atoms with Crippen molar-refractivity contribution in [1.29, 1.82) is 0 Å². The van der Waals surface area contributed by atoms with Gasteiger partial charge in [0.25, 0.3) is 0 Å². The Morgan fingerprint density at radius 2 is 1.97 bits per heavy atom. The molecule has 2 heterocycles. The van der Waals surface area contributed by atoms with Gasteiger partial charge in [-0.05, 0) is 30.9 Å². The SMILES string of the molecule is O=C(OCc1ccccc1)c1cn(C2CC2)c2c(OC[C@H]3C[C@](O)(CO)CN3)c(F)c(F)cc2c1=O. The number of aliphatic hydroxyl groups excluding tert-OH is 1. The van der Waals surface area contributed by atoms with Gasteiger partial charge >= 0.3 is 5.97 Å². The third-order valence-electron chi connectivity index (χ3n) is 6.61. The van der Waals surface area contributed by atoms with E-state index in [9.17, 15) is 28.6 Å². The fraction of sp³-hybridized carbons (Fsp3) is 0.385. The number of ether oxygens (including phenoxy) is 2. The lowest BCUT2D eigenvalue weighted by molar-refractivity contribution is 0.000243. The quantitative estimate of drug-likeness (QED) is 0.408. The number of rotatable bonds is 8. The largest absolute Gasteiger partial charge is 0.487 e. The minimum atomic E-state index is -1.32. The molecule has 10 heteroatoms. The molecule has 2 aromatic carbocycles. The van der Waals surface area contributed by atoms with Crippen molar-refractivity contribution in [2.45, 2.75) is 43.6 Å². The molecule has 1 aliphatic heterocycles. The molecule has 0 radical (unpaired) electrons. The molecule has 3 aromatic rings. The van der Waals surface area contributed by atoms with Crippen molar-refractivity contribution in [3.63, 3.8) is 0 Å². The number of fused-ring (bicyclic) bond motifs is 1. The number of nitrogens with zero attached hydrogens (tertiary/aromatic N) is 1. The summed E-state index contributed by atoms with van der Waals surface area (Å²) in [5, 5.41) is 22.3. The van der Waals surface area contributed by atoms with Crippen LogP contribution in [0.4, 0.5) is 8.78 Å². The maximum Gasteiger partial charge on any atom is 0.343 e. The van der Waals surface area contributed by atoms with Crippen molar-refractivity contribution in [2.24, 2.45) is 0 Å². The molecule has 1 aliphatic carbocycles. The molecule has 1 saturated carbocycles. The van der Waals surface area contributed by atoms with Crippen LogP contribution in [0.2, 0.25) is 0 Å². The molecule has 3 N–H and O–H groups in total. The fourth-order valence-corrected chi connectivity index (χ4v) is 4.51. The highest BCUT2D eigenvalue weighted by Gasteiger charge is 2.37. The van der Waals surface area contributed by atoms with Crippen LogP contribution in [0.25, 0.3) is 10.9 Å². The number of aliphatic hydroxyl groups is 2. The van der Waals surface area contributed by atoms with E-state index in [2.05, 4.69) is 5.32 Å². The molecule has 5 rings (SSSR count). The van der Waals surface area contributed by atoms with Gasteiger partial charge in [0.1, 0.15) is 24.4 Å². The molecule has 8 nitrogen and oxygen atoms in total. The smallest absolute Gasteiger partial charge is 0.343 e. The first-order valence-electron chi connectivity index (χ1n) is 11.8. The highest BCUT2D eigenvalue weighted by molar-refractivity contribution is 5.95. The first-order valence-corrected chi connectivity index (χ1v) is 11.8. The molecular formula is C26H26F2N2O6. The molecule has 1 aromatic heterocycles. The number of carbonyl (C=O) groups is 1. The highest BCUT2D eigenvalue weighted by Crippen LogP contribution is 2.40. The topological polar surface area (TPSA) is 110 Å². The van der Waals surface area contributed by atoms with Gasteiger partial charge in [0.15, 0.2) is 11.6 Å². The van der Waals surface area contributed by atoms with Gasteiger partial charge in [0.05, 0.1) is 17.5 Å². The fourth-order valence-electron chi connectivity index (χ4n) is 4.51. The van der Waals surface area contributed by atoms with E-state index in [-0.39, 0.29) is 48.7 Å². The lowest BCUT2D eigenvalue weighted by atomic mass is 10.0. The van der Waals surface area contributed by atoms with Gasteiger partial charge < -0.3 is 29.6 Å². The Labute approximate surface area is 205 Å². The van der Waals surface area contributed by atoms with E-state index < -0.39 is 47.0 Å². The minimum Gasteiger partial charge on any atom is -0.487 e. The maximum atomic E-state index is 15.0. The highest BCUT2D eigenvalue weighted by atomic mass is 19.2. The van der Waals surface area contributed by atoms with Crippen LogP contribution in [0.5, 0.6) is 5.75 Å². The number of β-amino-alcohol motifs (C(OH)–C–C–N with tert-alkyl or cyclic N) is 1. The lowest BCUT2D eigenvalue weighted by Gasteiger charge is -2.20. The van der Waals surface area contributed by atoms with E-state index in [1.165, 1.54) is 6.20 Å². The van der Waals surface area contributed by atoms with Crippen molar-refractivity contribution in [3.05, 3.63) is 75.6 Å². The second-order valence-electron chi connectivity index (χ2n) is 9.45. The second-order valence-corrected chi connectivity index (χ2v) is 9.45. The Morgan fingerprint density at radius 3 is 2.64 bits per heavy atom. The number of hydrogen-bond acceptors (Lipinski definition) is 7. The molecule has 0 amide bonds. The first-order chi connectivity index (χ1) is 17.3. The monoisotopic (exact) mass is 500 g/mol. The summed E-state index contributed by atoms with van der Waals surface area (Å²) in [7, 11) is 0. The Bertz CT molecular complexity index is 1360. The first kappa shape index (κ1) is 24.4. The van der Waals surface area contributed by atoms with E-state index in [0.29, 0.717) is 0 Å². The molecule has 190 valence electrons. The zero-order valence-corrected chi connectivity index (χ0v) is 19.4. The van der Waals surface area contributed by atoms with Crippen molar-refractivity contribution in [2.75, 3.05) is 19.8 Å². The zero-order valence-electron chi connectivity index (χ0n) is 19.4. The summed E-state index contributed by atoms with van der Waals surface area (Å²) in [5.41, 5.74) is -1.56. The molecule has 2 atom stereocenters. The van der Waals surface area contributed by atoms with Crippen molar-refractivity contribution in [3.8, 4) is 5.75 Å². The number of carbonyl (C=O) groups excluding carboxylic acids is 1. The predicted molar refractivity (Wildman–Crippen MR) is 126 cm³/mol. The summed E-state index contributed by atoms with van der Waals surface area (Å²) in [6.07, 6.45) is 2.97. The van der Waals surface area contributed by atoms with Gasteiger partial charge in [-0.25, -0.2) is 9.18 Å². The summed E-state index contributed by atoms with van der Waals surface area (Å²) >= 11 is 0. The van der Waals surface area contributed by atoms with Gasteiger partial charge in [-0.2, -0.15) is 4.39 Å². The molecule has 2 fully saturated rings. The number of hydrogen-bond donors (Lipinski definition) is 3. The van der Waals surface area contributed by atoms with E-state index >= 15 is 0 Å². The molecule has 2 aliphatic rings. The molecule has 1 saturated heterocycles. The Hall–Kier alpha value is -3.34. The van der Waals surface area contributed by atoms with Crippen LogP contribution in [-0.4, -0.2) is 52.2 Å². The van der Waals surface area contributed by atoms with Crippen molar-refractivity contribution < 1.29 is 33.3 Å². The third-order valence-corrected chi connectivity index (χ3v) is 6.61. The van der Waals surface area contributed by atoms with E-state index in [1.807, 2.05) is 6.07 Å². The van der Waals surface area contributed by atoms with E-state index in [0.717, 1.165) is 24.5 Å². The predicted octanol–water partition coefficient (Wildman–Crippen LogP) is 2.44. The Kier molecular flexibility index (Phi) is 6.50. The summed E-state index contributed by atoms with van der Waals surface area (Å²) < 4.78 is 42.2. The van der Waals surface area contributed by atoms with Crippen molar-refractivity contribution in [1.82, 2.24) is 9.88 Å². The second kappa shape index (κ2) is 9.61. The van der Waals surface area contributed by atoms with Gasteiger partial charge in [-0.1, -0.05) is 30.3 Å². The van der Waals surface area contributed by atoms with Crippen LogP contribution < -0.4 is 15.5 Å². The summed E-state index contributed by atoms with van der Waals surface area (Å²) in [6.45, 7) is -0.484. The molecular weight excluding hydrogens is 474 g/mol. The third kappa shape index (κ3) is 4.71. The number of nitrogens with one attached hydrogen (secondary N) is 1. The van der Waals surface area contributed by atoms with Gasteiger partial charge in [-0.15, -0.1) is 0 Å². The lowest BCUT2D eigenvalue weighted by Crippen LogP contribution is -2.35. The van der Waals surface area contributed by atoms with E-state index in [4.69, 9.17) is 9.47 Å². The van der Waals surface area contributed by atoms with Gasteiger partial charge in [0, 0.05) is 24.8 Å². The zero-order chi connectivity index (χ0) is 25.4. The maximum absolute atomic E-state index is 15.0. The van der Waals surface area contributed by atoms with Crippen molar-refractivity contribution >= 4 is 16.9 Å². The number of esters is 1. The summed E-state index contributed by atoms with van der Waals surface area (Å²) in [4.78, 5) is 26.1. The van der Waals surface area contributed by atoms with Gasteiger partial charge in [-0.3, -0.25) is 4.79 Å². The Balaban J connectivity index is 1.50.